The SMILES string of the molecule is CCC(C)CN1C(=O)C(C)(c2ccccc2)NC(=O)C1C. The van der Waals surface area contributed by atoms with E-state index in [-0.39, 0.29) is 11.8 Å². The first kappa shape index (κ1) is 15.5. The first-order valence-electron chi connectivity index (χ1n) is 7.58. The van der Waals surface area contributed by atoms with Crippen LogP contribution in [0, 0.1) is 5.92 Å². The van der Waals surface area contributed by atoms with Gasteiger partial charge in [-0.15, -0.1) is 0 Å². The molecule has 2 rings (SSSR count). The van der Waals surface area contributed by atoms with Crippen LogP contribution in [0.2, 0.25) is 0 Å². The smallest absolute Gasteiger partial charge is 0.253 e. The molecule has 4 heteroatoms. The van der Waals surface area contributed by atoms with Gasteiger partial charge in [0.05, 0.1) is 0 Å². The molecule has 1 aromatic carbocycles. The Kier molecular flexibility index (Phi) is 4.35. The van der Waals surface area contributed by atoms with Crippen LogP contribution >= 0.6 is 0 Å². The molecule has 1 N–H and O–H groups in total. The predicted octanol–water partition coefficient (Wildman–Crippen LogP) is 2.29. The van der Waals surface area contributed by atoms with Gasteiger partial charge in [0.2, 0.25) is 5.91 Å². The van der Waals surface area contributed by atoms with E-state index in [0.717, 1.165) is 12.0 Å². The Morgan fingerprint density at radius 2 is 1.90 bits per heavy atom. The van der Waals surface area contributed by atoms with Gasteiger partial charge >= 0.3 is 0 Å². The fraction of sp³-hybridized carbons (Fsp3) is 0.529. The highest BCUT2D eigenvalue weighted by atomic mass is 16.2. The summed E-state index contributed by atoms with van der Waals surface area (Å²) in [4.78, 5) is 27.0. The molecule has 0 radical (unpaired) electrons. The molecule has 21 heavy (non-hydrogen) atoms. The Balaban J connectivity index is 2.36. The van der Waals surface area contributed by atoms with Crippen molar-refractivity contribution in [3.8, 4) is 0 Å². The van der Waals surface area contributed by atoms with Crippen molar-refractivity contribution in [3.63, 3.8) is 0 Å². The zero-order valence-electron chi connectivity index (χ0n) is 13.2. The standard InChI is InChI=1S/C17H24N2O2/c1-5-12(2)11-19-13(3)15(20)18-17(4,16(19)21)14-9-7-6-8-10-14/h6-10,12-13H,5,11H2,1-4H3,(H,18,20). The van der Waals surface area contributed by atoms with E-state index in [0.29, 0.717) is 12.5 Å². The summed E-state index contributed by atoms with van der Waals surface area (Å²) in [6, 6.07) is 9.03. The monoisotopic (exact) mass is 288 g/mol. The third kappa shape index (κ3) is 2.80. The van der Waals surface area contributed by atoms with Crippen LogP contribution in [-0.4, -0.2) is 29.3 Å². The van der Waals surface area contributed by atoms with Crippen molar-refractivity contribution in [3.05, 3.63) is 35.9 Å². The summed E-state index contributed by atoms with van der Waals surface area (Å²) >= 11 is 0. The van der Waals surface area contributed by atoms with E-state index in [1.807, 2.05) is 30.3 Å². The number of piperazine rings is 1. The molecule has 114 valence electrons. The second kappa shape index (κ2) is 5.88. The van der Waals surface area contributed by atoms with E-state index in [1.54, 1.807) is 18.7 Å². The van der Waals surface area contributed by atoms with Crippen LogP contribution in [0.4, 0.5) is 0 Å². The Bertz CT molecular complexity index is 529. The normalized spacial score (nSPS) is 27.4. The Labute approximate surface area is 126 Å². The van der Waals surface area contributed by atoms with E-state index >= 15 is 0 Å². The van der Waals surface area contributed by atoms with E-state index in [4.69, 9.17) is 0 Å². The summed E-state index contributed by atoms with van der Waals surface area (Å²) in [5.41, 5.74) is -0.150. The number of amides is 2. The molecular formula is C17H24N2O2. The lowest BCUT2D eigenvalue weighted by Crippen LogP contribution is -2.67. The minimum absolute atomic E-state index is 0.0268. The lowest BCUT2D eigenvalue weighted by molar-refractivity contribution is -0.154. The molecule has 1 saturated heterocycles. The summed E-state index contributed by atoms with van der Waals surface area (Å²) in [5, 5.41) is 2.90. The summed E-state index contributed by atoms with van der Waals surface area (Å²) in [7, 11) is 0. The van der Waals surface area contributed by atoms with E-state index in [2.05, 4.69) is 19.2 Å². The summed E-state index contributed by atoms with van der Waals surface area (Å²) in [6.45, 7) is 8.40. The molecule has 0 bridgehead atoms. The Morgan fingerprint density at radius 3 is 2.48 bits per heavy atom. The second-order valence-corrected chi connectivity index (χ2v) is 6.13. The molecule has 0 spiro atoms. The molecule has 1 aliphatic heterocycles. The number of nitrogens with one attached hydrogen (secondary N) is 1. The fourth-order valence-corrected chi connectivity index (χ4v) is 2.68. The topological polar surface area (TPSA) is 49.4 Å². The van der Waals surface area contributed by atoms with Gasteiger partial charge in [0.25, 0.3) is 5.91 Å². The van der Waals surface area contributed by atoms with E-state index in [1.165, 1.54) is 0 Å². The summed E-state index contributed by atoms with van der Waals surface area (Å²) < 4.78 is 0. The number of hydrogen-bond acceptors (Lipinski definition) is 2. The Hall–Kier alpha value is -1.84. The van der Waals surface area contributed by atoms with Crippen molar-refractivity contribution in [2.75, 3.05) is 6.54 Å². The number of benzene rings is 1. The van der Waals surface area contributed by atoms with Crippen molar-refractivity contribution in [2.45, 2.75) is 45.7 Å². The number of hydrogen-bond donors (Lipinski definition) is 1. The maximum Gasteiger partial charge on any atom is 0.253 e. The summed E-state index contributed by atoms with van der Waals surface area (Å²) in [5.74, 6) is 0.257. The molecule has 4 nitrogen and oxygen atoms in total. The molecule has 0 aliphatic carbocycles. The lowest BCUT2D eigenvalue weighted by atomic mass is 9.86. The van der Waals surface area contributed by atoms with Crippen LogP contribution in [0.25, 0.3) is 0 Å². The lowest BCUT2D eigenvalue weighted by Gasteiger charge is -2.44. The molecule has 0 saturated carbocycles. The number of carbonyl (C=O) groups is 2. The van der Waals surface area contributed by atoms with Crippen molar-refractivity contribution < 1.29 is 9.59 Å². The van der Waals surface area contributed by atoms with Gasteiger partial charge in [-0.2, -0.15) is 0 Å². The van der Waals surface area contributed by atoms with Crippen molar-refractivity contribution in [1.29, 1.82) is 0 Å². The van der Waals surface area contributed by atoms with Gasteiger partial charge in [-0.1, -0.05) is 50.6 Å². The van der Waals surface area contributed by atoms with Gasteiger partial charge < -0.3 is 10.2 Å². The van der Waals surface area contributed by atoms with Gasteiger partial charge in [-0.05, 0) is 25.3 Å². The Morgan fingerprint density at radius 1 is 1.29 bits per heavy atom. The van der Waals surface area contributed by atoms with Crippen molar-refractivity contribution >= 4 is 11.8 Å². The highest BCUT2D eigenvalue weighted by Crippen LogP contribution is 2.29. The number of rotatable bonds is 4. The quantitative estimate of drug-likeness (QED) is 0.924. The van der Waals surface area contributed by atoms with Crippen LogP contribution in [0.3, 0.4) is 0 Å². The average molecular weight is 288 g/mol. The van der Waals surface area contributed by atoms with Gasteiger partial charge in [-0.3, -0.25) is 9.59 Å². The molecule has 0 aromatic heterocycles. The van der Waals surface area contributed by atoms with Crippen LogP contribution in [-0.2, 0) is 15.1 Å². The zero-order valence-corrected chi connectivity index (χ0v) is 13.2. The van der Waals surface area contributed by atoms with Gasteiger partial charge in [0, 0.05) is 6.54 Å². The third-order valence-corrected chi connectivity index (χ3v) is 4.47. The minimum atomic E-state index is -0.974. The molecular weight excluding hydrogens is 264 g/mol. The fourth-order valence-electron chi connectivity index (χ4n) is 2.68. The van der Waals surface area contributed by atoms with Crippen LogP contribution in [0.5, 0.6) is 0 Å². The van der Waals surface area contributed by atoms with Crippen molar-refractivity contribution in [2.24, 2.45) is 5.92 Å². The molecule has 1 fully saturated rings. The number of carbonyl (C=O) groups excluding carboxylic acids is 2. The van der Waals surface area contributed by atoms with Gasteiger partial charge in [0.15, 0.2) is 0 Å². The molecule has 1 heterocycles. The average Bonchev–Trinajstić information content (AvgIpc) is 2.50. The van der Waals surface area contributed by atoms with Gasteiger partial charge in [0.1, 0.15) is 11.6 Å². The highest BCUT2D eigenvalue weighted by molar-refractivity contribution is 6.00. The van der Waals surface area contributed by atoms with E-state index in [9.17, 15) is 9.59 Å². The maximum absolute atomic E-state index is 13.0. The second-order valence-electron chi connectivity index (χ2n) is 6.13. The maximum atomic E-state index is 13.0. The summed E-state index contributed by atoms with van der Waals surface area (Å²) in [6.07, 6.45) is 0.986. The van der Waals surface area contributed by atoms with E-state index < -0.39 is 11.6 Å². The molecule has 1 aromatic rings. The molecule has 3 atom stereocenters. The zero-order chi connectivity index (χ0) is 15.6. The van der Waals surface area contributed by atoms with Crippen LogP contribution in [0.15, 0.2) is 30.3 Å². The third-order valence-electron chi connectivity index (χ3n) is 4.47. The van der Waals surface area contributed by atoms with Gasteiger partial charge in [-0.25, -0.2) is 0 Å². The number of nitrogens with zero attached hydrogens (tertiary/aromatic N) is 1. The van der Waals surface area contributed by atoms with Crippen molar-refractivity contribution in [1.82, 2.24) is 10.2 Å². The van der Waals surface area contributed by atoms with Crippen LogP contribution < -0.4 is 5.32 Å². The first-order chi connectivity index (χ1) is 9.90. The molecule has 1 aliphatic rings. The minimum Gasteiger partial charge on any atom is -0.336 e. The molecule has 2 amide bonds. The first-order valence-corrected chi connectivity index (χ1v) is 7.58. The predicted molar refractivity (Wildman–Crippen MR) is 82.6 cm³/mol. The highest BCUT2D eigenvalue weighted by Gasteiger charge is 2.47. The van der Waals surface area contributed by atoms with Crippen LogP contribution in [0.1, 0.15) is 39.7 Å². The largest absolute Gasteiger partial charge is 0.336 e. The molecule has 3 unspecified atom stereocenters.